The highest BCUT2D eigenvalue weighted by Crippen LogP contribution is 2.34. The number of halogens is 2. The first kappa shape index (κ1) is 27.3. The highest BCUT2D eigenvalue weighted by Gasteiger charge is 2.34. The van der Waals surface area contributed by atoms with Gasteiger partial charge in [-0.1, -0.05) is 0 Å². The molecule has 0 bridgehead atoms. The maximum absolute atomic E-state index is 13.8. The van der Waals surface area contributed by atoms with Crippen molar-refractivity contribution in [1.82, 2.24) is 9.88 Å². The number of piperidine rings is 1. The number of aliphatic hydroxyl groups is 1. The molecule has 2 heterocycles. The van der Waals surface area contributed by atoms with Crippen molar-refractivity contribution in [3.63, 3.8) is 0 Å². The van der Waals surface area contributed by atoms with Crippen molar-refractivity contribution in [2.45, 2.75) is 36.7 Å². The Hall–Kier alpha value is -2.75. The summed E-state index contributed by atoms with van der Waals surface area (Å²) in [4.78, 5) is 18.9. The Balaban J connectivity index is 1.29. The van der Waals surface area contributed by atoms with Crippen LogP contribution in [-0.4, -0.2) is 58.6 Å². The van der Waals surface area contributed by atoms with E-state index in [0.29, 0.717) is 42.3 Å². The lowest BCUT2D eigenvalue weighted by Crippen LogP contribution is -2.44. The molecule has 198 valence electrons. The zero-order valence-electron chi connectivity index (χ0n) is 20.8. The van der Waals surface area contributed by atoms with E-state index < -0.39 is 29.6 Å². The highest BCUT2D eigenvalue weighted by atomic mass is 32.2. The van der Waals surface area contributed by atoms with Crippen LogP contribution in [0.4, 0.5) is 8.78 Å². The van der Waals surface area contributed by atoms with Crippen molar-refractivity contribution in [3.05, 3.63) is 65.9 Å². The van der Waals surface area contributed by atoms with E-state index in [-0.39, 0.29) is 5.92 Å². The second-order valence-corrected chi connectivity index (χ2v) is 10.6. The lowest BCUT2D eigenvalue weighted by atomic mass is 9.81. The van der Waals surface area contributed by atoms with Crippen LogP contribution in [0.5, 0.6) is 5.75 Å². The topological polar surface area (TPSA) is 82.9 Å². The average Bonchev–Trinajstić information content (AvgIpc) is 2.91. The molecule has 6 nitrogen and oxygen atoms in total. The minimum absolute atomic E-state index is 0.0261. The minimum atomic E-state index is -0.820. The standard InChI is InChI=1S/C28H32F2N2O4S/c1-36-20-5-7-25-22(16-20)21(9-11-31-25)26(33)8-3-18-10-13-32(17-23(18)28(34)35)12-2-14-37-27-15-19(29)4-6-24(27)30/h4-7,9,11,15-16,18,23,26,33H,2-3,8,10,12-14,17H2,1H3,(H,34,35)/t18-,23+,26?/m1/s1. The van der Waals surface area contributed by atoms with Crippen LogP contribution in [0.2, 0.25) is 0 Å². The first-order valence-electron chi connectivity index (χ1n) is 12.5. The molecule has 2 aromatic carbocycles. The van der Waals surface area contributed by atoms with Crippen molar-refractivity contribution in [1.29, 1.82) is 0 Å². The van der Waals surface area contributed by atoms with E-state index in [1.54, 1.807) is 19.4 Å². The van der Waals surface area contributed by atoms with Crippen LogP contribution in [-0.2, 0) is 4.79 Å². The number of rotatable bonds is 11. The molecule has 4 rings (SSSR count). The lowest BCUT2D eigenvalue weighted by Gasteiger charge is -2.37. The Labute approximate surface area is 219 Å². The van der Waals surface area contributed by atoms with Gasteiger partial charge in [-0.15, -0.1) is 11.8 Å². The average molecular weight is 531 g/mol. The number of aliphatic carboxylic acids is 1. The molecule has 0 aliphatic carbocycles. The molecule has 37 heavy (non-hydrogen) atoms. The summed E-state index contributed by atoms with van der Waals surface area (Å²) in [5, 5.41) is 21.7. The third-order valence-electron chi connectivity index (χ3n) is 7.08. The van der Waals surface area contributed by atoms with E-state index in [9.17, 15) is 23.8 Å². The SMILES string of the molecule is COc1ccc2nccc(C(O)CC[C@@H]3CCN(CCCSc4cc(F)ccc4F)C[C@@H]3C(=O)O)c2c1. The fourth-order valence-corrected chi connectivity index (χ4v) is 5.94. The summed E-state index contributed by atoms with van der Waals surface area (Å²) >= 11 is 1.27. The normalized spacial score (nSPS) is 19.1. The number of fused-ring (bicyclic) bond motifs is 1. The molecule has 3 aromatic rings. The largest absolute Gasteiger partial charge is 0.497 e. The van der Waals surface area contributed by atoms with Gasteiger partial charge < -0.3 is 19.8 Å². The van der Waals surface area contributed by atoms with Gasteiger partial charge in [0, 0.05) is 23.0 Å². The fraction of sp³-hybridized carbons (Fsp3) is 0.429. The zero-order chi connectivity index (χ0) is 26.4. The number of nitrogens with zero attached hydrogens (tertiary/aromatic N) is 2. The summed E-state index contributed by atoms with van der Waals surface area (Å²) in [7, 11) is 1.59. The van der Waals surface area contributed by atoms with Crippen LogP contribution in [0.3, 0.4) is 0 Å². The molecule has 1 saturated heterocycles. The smallest absolute Gasteiger partial charge is 0.308 e. The van der Waals surface area contributed by atoms with E-state index in [1.807, 2.05) is 18.2 Å². The number of carboxylic acid groups (broad SMARTS) is 1. The number of hydrogen-bond donors (Lipinski definition) is 2. The van der Waals surface area contributed by atoms with Gasteiger partial charge in [-0.05, 0) is 98.5 Å². The molecule has 3 atom stereocenters. The molecule has 0 spiro atoms. The number of pyridine rings is 1. The lowest BCUT2D eigenvalue weighted by molar-refractivity contribution is -0.146. The van der Waals surface area contributed by atoms with Gasteiger partial charge in [0.05, 0.1) is 24.6 Å². The van der Waals surface area contributed by atoms with Crippen LogP contribution in [0.15, 0.2) is 53.6 Å². The van der Waals surface area contributed by atoms with Gasteiger partial charge in [-0.3, -0.25) is 9.78 Å². The van der Waals surface area contributed by atoms with E-state index in [0.717, 1.165) is 48.0 Å². The van der Waals surface area contributed by atoms with Crippen molar-refractivity contribution in [2.24, 2.45) is 11.8 Å². The number of ether oxygens (including phenoxy) is 1. The molecule has 1 aliphatic heterocycles. The second-order valence-electron chi connectivity index (χ2n) is 9.45. The summed E-state index contributed by atoms with van der Waals surface area (Å²) in [6, 6.07) is 10.8. The predicted octanol–water partition coefficient (Wildman–Crippen LogP) is 5.54. The van der Waals surface area contributed by atoms with Gasteiger partial charge in [0.15, 0.2) is 0 Å². The number of hydrogen-bond acceptors (Lipinski definition) is 6. The number of likely N-dealkylation sites (tertiary alicyclic amines) is 1. The number of carbonyl (C=O) groups is 1. The molecule has 0 amide bonds. The zero-order valence-corrected chi connectivity index (χ0v) is 21.6. The quantitative estimate of drug-likeness (QED) is 0.249. The molecule has 2 N–H and O–H groups in total. The number of thioether (sulfide) groups is 1. The third-order valence-corrected chi connectivity index (χ3v) is 8.20. The van der Waals surface area contributed by atoms with E-state index >= 15 is 0 Å². The summed E-state index contributed by atoms with van der Waals surface area (Å²) in [6.07, 6.45) is 3.49. The number of aromatic nitrogens is 1. The maximum atomic E-state index is 13.8. The van der Waals surface area contributed by atoms with Gasteiger partial charge in [0.2, 0.25) is 0 Å². The fourth-order valence-electron chi connectivity index (χ4n) is 5.05. The Morgan fingerprint density at radius 2 is 2.08 bits per heavy atom. The van der Waals surface area contributed by atoms with Gasteiger partial charge in [-0.2, -0.15) is 0 Å². The first-order valence-corrected chi connectivity index (χ1v) is 13.5. The van der Waals surface area contributed by atoms with Crippen LogP contribution < -0.4 is 4.74 Å². The maximum Gasteiger partial charge on any atom is 0.308 e. The second kappa shape index (κ2) is 12.7. The van der Waals surface area contributed by atoms with Gasteiger partial charge in [0.25, 0.3) is 0 Å². The first-order chi connectivity index (χ1) is 17.9. The van der Waals surface area contributed by atoms with Gasteiger partial charge in [-0.25, -0.2) is 8.78 Å². The predicted molar refractivity (Wildman–Crippen MR) is 140 cm³/mol. The molecule has 0 saturated carbocycles. The van der Waals surface area contributed by atoms with E-state index in [1.165, 1.54) is 17.8 Å². The molecule has 1 unspecified atom stereocenters. The Morgan fingerprint density at radius 3 is 2.86 bits per heavy atom. The van der Waals surface area contributed by atoms with Crippen LogP contribution in [0.25, 0.3) is 10.9 Å². The van der Waals surface area contributed by atoms with Gasteiger partial charge >= 0.3 is 5.97 Å². The molecule has 1 fully saturated rings. The van der Waals surface area contributed by atoms with E-state index in [2.05, 4.69) is 9.88 Å². The van der Waals surface area contributed by atoms with E-state index in [4.69, 9.17) is 4.74 Å². The molecule has 1 aliphatic rings. The van der Waals surface area contributed by atoms with Crippen LogP contribution in [0.1, 0.15) is 37.4 Å². The van der Waals surface area contributed by atoms with Crippen molar-refractivity contribution >= 4 is 28.6 Å². The highest BCUT2D eigenvalue weighted by molar-refractivity contribution is 7.99. The monoisotopic (exact) mass is 530 g/mol. The molecule has 1 aromatic heterocycles. The van der Waals surface area contributed by atoms with Gasteiger partial charge in [0.1, 0.15) is 17.4 Å². The Morgan fingerprint density at radius 1 is 1.24 bits per heavy atom. The Bertz CT molecular complexity index is 1230. The minimum Gasteiger partial charge on any atom is -0.497 e. The summed E-state index contributed by atoms with van der Waals surface area (Å²) < 4.78 is 32.5. The summed E-state index contributed by atoms with van der Waals surface area (Å²) in [6.45, 7) is 1.93. The Kier molecular flexibility index (Phi) is 9.34. The van der Waals surface area contributed by atoms with Crippen LogP contribution in [0, 0.1) is 23.5 Å². The molecular weight excluding hydrogens is 498 g/mol. The number of benzene rings is 2. The molecular formula is C28H32F2N2O4S. The van der Waals surface area contributed by atoms with Crippen LogP contribution >= 0.6 is 11.8 Å². The summed E-state index contributed by atoms with van der Waals surface area (Å²) in [5.74, 6) is -0.942. The molecule has 0 radical (unpaired) electrons. The number of carboxylic acids is 1. The molecule has 9 heteroatoms. The van der Waals surface area contributed by atoms with Crippen molar-refractivity contribution in [3.8, 4) is 5.75 Å². The third kappa shape index (κ3) is 6.97. The number of aliphatic hydroxyl groups excluding tert-OH is 1. The van der Waals surface area contributed by atoms with Crippen molar-refractivity contribution in [2.75, 3.05) is 32.5 Å². The number of methoxy groups -OCH3 is 1. The summed E-state index contributed by atoms with van der Waals surface area (Å²) in [5.41, 5.74) is 1.54. The van der Waals surface area contributed by atoms with Crippen molar-refractivity contribution < 1.29 is 28.5 Å².